The second-order valence-corrected chi connectivity index (χ2v) is 10.2. The van der Waals surface area contributed by atoms with E-state index >= 15 is 0 Å². The molecule has 1 atom stereocenters. The van der Waals surface area contributed by atoms with E-state index in [0.717, 1.165) is 12.0 Å². The molecule has 2 amide bonds. The fourth-order valence-corrected chi connectivity index (χ4v) is 4.99. The second-order valence-electron chi connectivity index (χ2n) is 8.28. The molecule has 8 nitrogen and oxygen atoms in total. The zero-order valence-electron chi connectivity index (χ0n) is 19.2. The minimum Gasteiger partial charge on any atom is -0.379 e. The number of benzene rings is 2. The Labute approximate surface area is 195 Å². The van der Waals surface area contributed by atoms with Gasteiger partial charge in [0.1, 0.15) is 6.04 Å². The summed E-state index contributed by atoms with van der Waals surface area (Å²) in [7, 11) is -3.73. The van der Waals surface area contributed by atoms with Crippen LogP contribution in [0.25, 0.3) is 0 Å². The highest BCUT2D eigenvalue weighted by molar-refractivity contribution is 7.89. The van der Waals surface area contributed by atoms with Crippen LogP contribution < -0.4 is 10.6 Å². The van der Waals surface area contributed by atoms with Gasteiger partial charge in [0, 0.05) is 24.3 Å². The lowest BCUT2D eigenvalue weighted by Gasteiger charge is -2.26. The Balaban J connectivity index is 1.73. The fourth-order valence-electron chi connectivity index (χ4n) is 3.54. The van der Waals surface area contributed by atoms with Gasteiger partial charge in [-0.05, 0) is 48.2 Å². The van der Waals surface area contributed by atoms with Crippen LogP contribution in [0.15, 0.2) is 53.4 Å². The summed E-state index contributed by atoms with van der Waals surface area (Å²) in [6.45, 7) is 6.95. The summed E-state index contributed by atoms with van der Waals surface area (Å²) in [5.41, 5.74) is 1.99. The molecule has 1 aliphatic heterocycles. The molecule has 0 saturated carbocycles. The zero-order chi connectivity index (χ0) is 24.0. The highest BCUT2D eigenvalue weighted by atomic mass is 32.2. The highest BCUT2D eigenvalue weighted by Gasteiger charge is 2.28. The van der Waals surface area contributed by atoms with Gasteiger partial charge in [-0.25, -0.2) is 8.42 Å². The number of hydrogen-bond donors (Lipinski definition) is 2. The summed E-state index contributed by atoms with van der Waals surface area (Å²) in [6.07, 6.45) is 0.902. The van der Waals surface area contributed by atoms with E-state index in [2.05, 4.69) is 17.6 Å². The van der Waals surface area contributed by atoms with Crippen LogP contribution in [0.5, 0.6) is 0 Å². The molecule has 1 aliphatic rings. The SMILES string of the molecule is CCc1ccc(NC(=O)[C@@H](NC(=O)c2cccc(S(=O)(=O)N3CCOCC3)c2)C(C)C)cc1. The lowest BCUT2D eigenvalue weighted by Crippen LogP contribution is -2.47. The van der Waals surface area contributed by atoms with Crippen molar-refractivity contribution in [3.8, 4) is 0 Å². The summed E-state index contributed by atoms with van der Waals surface area (Å²) in [4.78, 5) is 25.8. The van der Waals surface area contributed by atoms with Gasteiger partial charge < -0.3 is 15.4 Å². The monoisotopic (exact) mass is 473 g/mol. The molecule has 33 heavy (non-hydrogen) atoms. The van der Waals surface area contributed by atoms with E-state index < -0.39 is 22.0 Å². The number of anilines is 1. The van der Waals surface area contributed by atoms with Gasteiger partial charge in [-0.3, -0.25) is 9.59 Å². The van der Waals surface area contributed by atoms with Crippen LogP contribution >= 0.6 is 0 Å². The number of rotatable bonds is 8. The van der Waals surface area contributed by atoms with E-state index in [1.807, 2.05) is 38.1 Å². The number of aryl methyl sites for hydroxylation is 1. The third-order valence-corrected chi connectivity index (χ3v) is 7.46. The first-order valence-electron chi connectivity index (χ1n) is 11.1. The minimum atomic E-state index is -3.73. The molecular formula is C24H31N3O5S. The van der Waals surface area contributed by atoms with Gasteiger partial charge in [-0.15, -0.1) is 0 Å². The molecule has 0 spiro atoms. The molecule has 1 fully saturated rings. The number of morpholine rings is 1. The molecule has 1 saturated heterocycles. The molecule has 2 N–H and O–H groups in total. The molecule has 2 aromatic rings. The second kappa shape index (κ2) is 10.9. The van der Waals surface area contributed by atoms with E-state index in [4.69, 9.17) is 4.74 Å². The van der Waals surface area contributed by atoms with E-state index in [-0.39, 0.29) is 35.4 Å². The standard InChI is InChI=1S/C24H31N3O5S/c1-4-18-8-10-20(11-9-18)25-24(29)22(17(2)3)26-23(28)19-6-5-7-21(16-19)33(30,31)27-12-14-32-15-13-27/h5-11,16-17,22H,4,12-15H2,1-3H3,(H,25,29)(H,26,28)/t22-/m0/s1. The normalized spacial score (nSPS) is 15.8. The highest BCUT2D eigenvalue weighted by Crippen LogP contribution is 2.19. The largest absolute Gasteiger partial charge is 0.379 e. The van der Waals surface area contributed by atoms with Gasteiger partial charge >= 0.3 is 0 Å². The topological polar surface area (TPSA) is 105 Å². The van der Waals surface area contributed by atoms with Crippen molar-refractivity contribution in [2.24, 2.45) is 5.92 Å². The molecule has 2 aromatic carbocycles. The molecule has 0 aliphatic carbocycles. The van der Waals surface area contributed by atoms with Crippen LogP contribution in [-0.4, -0.2) is 56.9 Å². The lowest BCUT2D eigenvalue weighted by atomic mass is 10.0. The Bertz CT molecular complexity index is 1080. The number of ether oxygens (including phenoxy) is 1. The molecule has 0 unspecified atom stereocenters. The molecular weight excluding hydrogens is 442 g/mol. The van der Waals surface area contributed by atoms with Crippen molar-refractivity contribution in [1.29, 1.82) is 0 Å². The van der Waals surface area contributed by atoms with Crippen molar-refractivity contribution in [1.82, 2.24) is 9.62 Å². The van der Waals surface area contributed by atoms with Crippen molar-refractivity contribution in [2.45, 2.75) is 38.1 Å². The summed E-state index contributed by atoms with van der Waals surface area (Å²) in [5, 5.41) is 5.60. The lowest BCUT2D eigenvalue weighted by molar-refractivity contribution is -0.118. The number of nitrogens with one attached hydrogen (secondary N) is 2. The van der Waals surface area contributed by atoms with Crippen molar-refractivity contribution >= 4 is 27.5 Å². The zero-order valence-corrected chi connectivity index (χ0v) is 20.0. The van der Waals surface area contributed by atoms with Gasteiger partial charge in [0.05, 0.1) is 18.1 Å². The average Bonchev–Trinajstić information content (AvgIpc) is 2.83. The van der Waals surface area contributed by atoms with Crippen LogP contribution in [-0.2, 0) is 26.0 Å². The van der Waals surface area contributed by atoms with Crippen LogP contribution in [0.2, 0.25) is 0 Å². The molecule has 178 valence electrons. The van der Waals surface area contributed by atoms with Crippen molar-refractivity contribution < 1.29 is 22.7 Å². The summed E-state index contributed by atoms with van der Waals surface area (Å²) >= 11 is 0. The maximum absolute atomic E-state index is 12.9. The minimum absolute atomic E-state index is 0.0404. The smallest absolute Gasteiger partial charge is 0.251 e. The maximum Gasteiger partial charge on any atom is 0.251 e. The van der Waals surface area contributed by atoms with E-state index in [1.165, 1.54) is 28.6 Å². The number of amides is 2. The third-order valence-electron chi connectivity index (χ3n) is 5.57. The molecule has 0 aromatic heterocycles. The van der Waals surface area contributed by atoms with Crippen molar-refractivity contribution in [3.05, 3.63) is 59.7 Å². The first-order valence-corrected chi connectivity index (χ1v) is 12.5. The Morgan fingerprint density at radius 3 is 2.33 bits per heavy atom. The first-order chi connectivity index (χ1) is 15.7. The van der Waals surface area contributed by atoms with Crippen molar-refractivity contribution in [2.75, 3.05) is 31.6 Å². The number of nitrogens with zero attached hydrogens (tertiary/aromatic N) is 1. The maximum atomic E-state index is 12.9. The number of hydrogen-bond acceptors (Lipinski definition) is 5. The Kier molecular flexibility index (Phi) is 8.23. The fraction of sp³-hybridized carbons (Fsp3) is 0.417. The number of carbonyl (C=O) groups is 2. The quantitative estimate of drug-likeness (QED) is 0.613. The summed E-state index contributed by atoms with van der Waals surface area (Å²) < 4.78 is 32.4. The van der Waals surface area contributed by atoms with Crippen molar-refractivity contribution in [3.63, 3.8) is 0 Å². The van der Waals surface area contributed by atoms with Gasteiger partial charge in [-0.2, -0.15) is 4.31 Å². The molecule has 9 heteroatoms. The predicted octanol–water partition coefficient (Wildman–Crippen LogP) is 2.66. The van der Waals surface area contributed by atoms with Crippen LogP contribution in [0.1, 0.15) is 36.7 Å². The predicted molar refractivity (Wildman–Crippen MR) is 127 cm³/mol. The molecule has 0 radical (unpaired) electrons. The van der Waals surface area contributed by atoms with Crippen LogP contribution in [0, 0.1) is 5.92 Å². The molecule has 3 rings (SSSR count). The molecule has 1 heterocycles. The Morgan fingerprint density at radius 1 is 1.06 bits per heavy atom. The number of carbonyl (C=O) groups excluding carboxylic acids is 2. The van der Waals surface area contributed by atoms with Gasteiger partial charge in [0.15, 0.2) is 0 Å². The van der Waals surface area contributed by atoms with E-state index in [9.17, 15) is 18.0 Å². The van der Waals surface area contributed by atoms with Crippen LogP contribution in [0.3, 0.4) is 0 Å². The van der Waals surface area contributed by atoms with E-state index in [0.29, 0.717) is 18.9 Å². The Hall–Kier alpha value is -2.75. The Morgan fingerprint density at radius 2 is 1.73 bits per heavy atom. The van der Waals surface area contributed by atoms with Gasteiger partial charge in [0.2, 0.25) is 15.9 Å². The molecule has 0 bridgehead atoms. The first kappa shape index (κ1) is 24.9. The van der Waals surface area contributed by atoms with E-state index in [1.54, 1.807) is 0 Å². The van der Waals surface area contributed by atoms with Gasteiger partial charge in [0.25, 0.3) is 5.91 Å². The number of sulfonamides is 1. The third kappa shape index (κ3) is 6.19. The average molecular weight is 474 g/mol. The van der Waals surface area contributed by atoms with Gasteiger partial charge in [-0.1, -0.05) is 39.0 Å². The summed E-state index contributed by atoms with van der Waals surface area (Å²) in [5.74, 6) is -1.02. The summed E-state index contributed by atoms with van der Waals surface area (Å²) in [6, 6.07) is 12.6. The van der Waals surface area contributed by atoms with Crippen LogP contribution in [0.4, 0.5) is 5.69 Å².